The largest absolute Gasteiger partial charge is 0.463 e. The second-order valence-corrected chi connectivity index (χ2v) is 6.43. The van der Waals surface area contributed by atoms with Crippen LogP contribution in [0.4, 0.5) is 5.69 Å². The monoisotopic (exact) mass is 389 g/mol. The smallest absolute Gasteiger partial charge is 0.271 e. The molecule has 0 atom stereocenters. The Bertz CT molecular complexity index is 1130. The Labute approximate surface area is 166 Å². The summed E-state index contributed by atoms with van der Waals surface area (Å²) in [7, 11) is 0. The lowest BCUT2D eigenvalue weighted by Gasteiger charge is -2.08. The lowest BCUT2D eigenvalue weighted by atomic mass is 10.2. The van der Waals surface area contributed by atoms with Gasteiger partial charge in [-0.15, -0.1) is 0 Å². The Balaban J connectivity index is 1.25. The van der Waals surface area contributed by atoms with Crippen LogP contribution in [0.5, 0.6) is 0 Å². The van der Waals surface area contributed by atoms with Gasteiger partial charge in [-0.05, 0) is 30.7 Å². The van der Waals surface area contributed by atoms with E-state index in [0.717, 1.165) is 10.9 Å². The minimum atomic E-state index is -0.308. The Morgan fingerprint density at radius 3 is 2.86 bits per heavy atom. The molecule has 8 heteroatoms. The SMILES string of the molecule is O=C(CCCNC(=O)c1cc(-c2ccco2)[nH]n1)Nc1cccc2cccnc12. The third-order valence-corrected chi connectivity index (χ3v) is 4.37. The molecule has 3 N–H and O–H groups in total. The van der Waals surface area contributed by atoms with Gasteiger partial charge in [-0.2, -0.15) is 5.10 Å². The first-order valence-corrected chi connectivity index (χ1v) is 9.22. The first kappa shape index (κ1) is 18.4. The van der Waals surface area contributed by atoms with E-state index >= 15 is 0 Å². The van der Waals surface area contributed by atoms with Crippen molar-refractivity contribution in [3.8, 4) is 11.5 Å². The highest BCUT2D eigenvalue weighted by Gasteiger charge is 2.12. The second kappa shape index (κ2) is 8.39. The fraction of sp³-hybridized carbons (Fsp3) is 0.143. The maximum absolute atomic E-state index is 12.2. The lowest BCUT2D eigenvalue weighted by molar-refractivity contribution is -0.116. The van der Waals surface area contributed by atoms with Gasteiger partial charge in [0.2, 0.25) is 5.91 Å². The topological polar surface area (TPSA) is 113 Å². The lowest BCUT2D eigenvalue weighted by Crippen LogP contribution is -2.25. The van der Waals surface area contributed by atoms with Gasteiger partial charge in [-0.25, -0.2) is 0 Å². The summed E-state index contributed by atoms with van der Waals surface area (Å²) in [5.74, 6) is 0.172. The highest BCUT2D eigenvalue weighted by Crippen LogP contribution is 2.21. The molecule has 0 radical (unpaired) electrons. The minimum Gasteiger partial charge on any atom is -0.463 e. The van der Waals surface area contributed by atoms with Crippen molar-refractivity contribution in [2.24, 2.45) is 0 Å². The molecule has 3 aromatic heterocycles. The summed E-state index contributed by atoms with van der Waals surface area (Å²) in [5.41, 5.74) is 2.33. The number of H-pyrrole nitrogens is 1. The van der Waals surface area contributed by atoms with Gasteiger partial charge in [-0.3, -0.25) is 19.7 Å². The number of carbonyl (C=O) groups excluding carboxylic acids is 2. The van der Waals surface area contributed by atoms with Crippen molar-refractivity contribution in [2.75, 3.05) is 11.9 Å². The molecule has 146 valence electrons. The molecule has 0 saturated carbocycles. The van der Waals surface area contributed by atoms with Gasteiger partial charge in [0.15, 0.2) is 11.5 Å². The Morgan fingerprint density at radius 2 is 2.00 bits per heavy atom. The number of nitrogens with zero attached hydrogens (tertiary/aromatic N) is 2. The number of furan rings is 1. The first-order chi connectivity index (χ1) is 14.2. The van der Waals surface area contributed by atoms with Crippen LogP contribution in [0, 0.1) is 0 Å². The van der Waals surface area contributed by atoms with E-state index in [4.69, 9.17) is 4.42 Å². The summed E-state index contributed by atoms with van der Waals surface area (Å²) in [5, 5.41) is 13.4. The van der Waals surface area contributed by atoms with Crippen LogP contribution >= 0.6 is 0 Å². The Morgan fingerprint density at radius 1 is 1.10 bits per heavy atom. The zero-order valence-corrected chi connectivity index (χ0v) is 15.5. The van der Waals surface area contributed by atoms with E-state index in [9.17, 15) is 9.59 Å². The molecule has 0 bridgehead atoms. The second-order valence-electron chi connectivity index (χ2n) is 6.43. The third-order valence-electron chi connectivity index (χ3n) is 4.37. The molecule has 4 rings (SSSR count). The van der Waals surface area contributed by atoms with Crippen molar-refractivity contribution >= 4 is 28.4 Å². The van der Waals surface area contributed by atoms with E-state index in [0.29, 0.717) is 30.1 Å². The third kappa shape index (κ3) is 4.32. The van der Waals surface area contributed by atoms with E-state index in [-0.39, 0.29) is 23.9 Å². The quantitative estimate of drug-likeness (QED) is 0.420. The normalized spacial score (nSPS) is 10.8. The average molecular weight is 389 g/mol. The number of amides is 2. The Hall–Kier alpha value is -3.94. The van der Waals surface area contributed by atoms with Gasteiger partial charge in [0.25, 0.3) is 5.91 Å². The van der Waals surface area contributed by atoms with Crippen molar-refractivity contribution < 1.29 is 14.0 Å². The van der Waals surface area contributed by atoms with Gasteiger partial charge in [0.1, 0.15) is 5.69 Å². The van der Waals surface area contributed by atoms with Gasteiger partial charge >= 0.3 is 0 Å². The molecule has 2 amide bonds. The maximum atomic E-state index is 12.2. The fourth-order valence-corrected chi connectivity index (χ4v) is 2.96. The number of aromatic nitrogens is 3. The molecular formula is C21H19N5O3. The highest BCUT2D eigenvalue weighted by molar-refractivity contribution is 6.00. The average Bonchev–Trinajstić information content (AvgIpc) is 3.43. The molecule has 0 aliphatic rings. The van der Waals surface area contributed by atoms with Crippen LogP contribution < -0.4 is 10.6 Å². The van der Waals surface area contributed by atoms with Crippen molar-refractivity contribution in [3.05, 3.63) is 66.7 Å². The summed E-state index contributed by atoms with van der Waals surface area (Å²) in [6.45, 7) is 0.364. The van der Waals surface area contributed by atoms with E-state index in [1.165, 1.54) is 0 Å². The van der Waals surface area contributed by atoms with E-state index < -0.39 is 0 Å². The number of anilines is 1. The standard InChI is InChI=1S/C21H19N5O3/c27-19(24-15-7-1-5-14-6-2-10-22-20(14)15)9-3-11-23-21(28)17-13-16(25-26-17)18-8-4-12-29-18/h1-2,4-8,10,12-13H,3,9,11H2,(H,23,28)(H,24,27)(H,25,26). The van der Waals surface area contributed by atoms with Crippen LogP contribution in [-0.2, 0) is 4.79 Å². The Kier molecular flexibility index (Phi) is 5.33. The molecule has 3 heterocycles. The van der Waals surface area contributed by atoms with Crippen LogP contribution in [0.2, 0.25) is 0 Å². The summed E-state index contributed by atoms with van der Waals surface area (Å²) in [6.07, 6.45) is 4.03. The van der Waals surface area contributed by atoms with Crippen LogP contribution in [0.25, 0.3) is 22.4 Å². The number of fused-ring (bicyclic) bond motifs is 1. The van der Waals surface area contributed by atoms with Crippen LogP contribution in [0.3, 0.4) is 0 Å². The maximum Gasteiger partial charge on any atom is 0.271 e. The van der Waals surface area contributed by atoms with E-state index in [1.807, 2.05) is 30.3 Å². The number of hydrogen-bond donors (Lipinski definition) is 3. The predicted molar refractivity (Wildman–Crippen MR) is 108 cm³/mol. The van der Waals surface area contributed by atoms with Crippen molar-refractivity contribution in [1.82, 2.24) is 20.5 Å². The zero-order valence-electron chi connectivity index (χ0n) is 15.5. The fourth-order valence-electron chi connectivity index (χ4n) is 2.96. The number of nitrogens with one attached hydrogen (secondary N) is 3. The molecule has 0 spiro atoms. The predicted octanol–water partition coefficient (Wildman–Crippen LogP) is 3.37. The molecular weight excluding hydrogens is 370 g/mol. The zero-order chi connectivity index (χ0) is 20.1. The van der Waals surface area contributed by atoms with Gasteiger partial charge < -0.3 is 15.1 Å². The number of para-hydroxylation sites is 1. The summed E-state index contributed by atoms with van der Waals surface area (Å²) in [4.78, 5) is 28.7. The van der Waals surface area contributed by atoms with Gasteiger partial charge in [0.05, 0.1) is 17.5 Å². The van der Waals surface area contributed by atoms with Crippen molar-refractivity contribution in [1.29, 1.82) is 0 Å². The van der Waals surface area contributed by atoms with Crippen LogP contribution in [-0.4, -0.2) is 33.5 Å². The van der Waals surface area contributed by atoms with Crippen LogP contribution in [0.1, 0.15) is 23.3 Å². The summed E-state index contributed by atoms with van der Waals surface area (Å²) < 4.78 is 5.26. The van der Waals surface area contributed by atoms with Crippen LogP contribution in [0.15, 0.2) is 65.4 Å². The molecule has 0 fully saturated rings. The first-order valence-electron chi connectivity index (χ1n) is 9.22. The molecule has 1 aromatic carbocycles. The van der Waals surface area contributed by atoms with Gasteiger partial charge in [-0.1, -0.05) is 18.2 Å². The molecule has 0 aliphatic carbocycles. The van der Waals surface area contributed by atoms with E-state index in [2.05, 4.69) is 25.8 Å². The van der Waals surface area contributed by atoms with Crippen molar-refractivity contribution in [3.63, 3.8) is 0 Å². The number of pyridine rings is 1. The molecule has 0 saturated heterocycles. The van der Waals surface area contributed by atoms with Crippen molar-refractivity contribution in [2.45, 2.75) is 12.8 Å². The molecule has 0 unspecified atom stereocenters. The highest BCUT2D eigenvalue weighted by atomic mass is 16.3. The van der Waals surface area contributed by atoms with Gasteiger partial charge in [0, 0.05) is 30.6 Å². The summed E-state index contributed by atoms with van der Waals surface area (Å²) in [6, 6.07) is 14.6. The number of rotatable bonds is 7. The molecule has 4 aromatic rings. The number of aromatic amines is 1. The number of benzene rings is 1. The molecule has 8 nitrogen and oxygen atoms in total. The number of carbonyl (C=O) groups is 2. The van der Waals surface area contributed by atoms with E-state index in [1.54, 1.807) is 30.7 Å². The molecule has 0 aliphatic heterocycles. The number of hydrogen-bond acceptors (Lipinski definition) is 5. The minimum absolute atomic E-state index is 0.128. The molecule has 29 heavy (non-hydrogen) atoms. The summed E-state index contributed by atoms with van der Waals surface area (Å²) >= 11 is 0.